The Morgan fingerprint density at radius 3 is 2.44 bits per heavy atom. The lowest BCUT2D eigenvalue weighted by molar-refractivity contribution is -0.131. The van der Waals surface area contributed by atoms with E-state index in [-0.39, 0.29) is 36.9 Å². The zero-order valence-corrected chi connectivity index (χ0v) is 18.9. The van der Waals surface area contributed by atoms with Crippen molar-refractivity contribution >= 4 is 17.8 Å². The molecule has 8 nitrogen and oxygen atoms in total. The fourth-order valence-electron chi connectivity index (χ4n) is 5.22. The number of methoxy groups -OCH3 is 1. The standard InChI is InChI=1S/C24H34N4O4/c1-32-19-9-7-18(8-10-19)20(27-14-5-2-6-15-27)17-25-21(29)11-16-28-22(30)24(26-23(28)31)12-3-4-13-24/h7-10,20H,2-6,11-17H2,1H3,(H,25,29)(H,26,31)/t20-/m0/s1. The van der Waals surface area contributed by atoms with Crippen molar-refractivity contribution in [3.63, 3.8) is 0 Å². The van der Waals surface area contributed by atoms with Crippen molar-refractivity contribution in [2.75, 3.05) is 33.3 Å². The monoisotopic (exact) mass is 442 g/mol. The summed E-state index contributed by atoms with van der Waals surface area (Å²) in [5.41, 5.74) is 0.423. The molecule has 1 spiro atoms. The van der Waals surface area contributed by atoms with Crippen molar-refractivity contribution in [3.8, 4) is 5.75 Å². The topological polar surface area (TPSA) is 91.0 Å². The van der Waals surface area contributed by atoms with Crippen LogP contribution in [-0.2, 0) is 9.59 Å². The molecule has 1 saturated carbocycles. The Morgan fingerprint density at radius 1 is 1.09 bits per heavy atom. The molecule has 174 valence electrons. The molecule has 1 atom stereocenters. The third-order valence-corrected chi connectivity index (χ3v) is 7.09. The molecule has 0 radical (unpaired) electrons. The Kier molecular flexibility index (Phi) is 6.98. The second-order valence-corrected chi connectivity index (χ2v) is 9.12. The van der Waals surface area contributed by atoms with Crippen LogP contribution in [0.3, 0.4) is 0 Å². The van der Waals surface area contributed by atoms with Crippen LogP contribution in [0.25, 0.3) is 0 Å². The molecule has 4 rings (SSSR count). The number of benzene rings is 1. The quantitative estimate of drug-likeness (QED) is 0.604. The van der Waals surface area contributed by atoms with Gasteiger partial charge in [0.25, 0.3) is 5.91 Å². The van der Waals surface area contributed by atoms with Gasteiger partial charge in [-0.25, -0.2) is 4.79 Å². The lowest BCUT2D eigenvalue weighted by Crippen LogP contribution is -2.44. The van der Waals surface area contributed by atoms with Gasteiger partial charge in [0.05, 0.1) is 13.2 Å². The molecule has 0 unspecified atom stereocenters. The highest BCUT2D eigenvalue weighted by molar-refractivity contribution is 6.07. The van der Waals surface area contributed by atoms with E-state index in [9.17, 15) is 14.4 Å². The molecule has 3 fully saturated rings. The third-order valence-electron chi connectivity index (χ3n) is 7.09. The smallest absolute Gasteiger partial charge is 0.325 e. The molecule has 0 bridgehead atoms. The summed E-state index contributed by atoms with van der Waals surface area (Å²) in [5, 5.41) is 5.91. The summed E-state index contributed by atoms with van der Waals surface area (Å²) in [5.74, 6) is 0.495. The highest BCUT2D eigenvalue weighted by Gasteiger charge is 2.52. The zero-order valence-electron chi connectivity index (χ0n) is 18.9. The molecule has 1 aliphatic carbocycles. The number of carbonyl (C=O) groups is 3. The van der Waals surface area contributed by atoms with Crippen LogP contribution < -0.4 is 15.4 Å². The van der Waals surface area contributed by atoms with E-state index in [4.69, 9.17) is 4.74 Å². The van der Waals surface area contributed by atoms with Crippen LogP contribution in [0.1, 0.15) is 63.0 Å². The number of likely N-dealkylation sites (tertiary alicyclic amines) is 1. The van der Waals surface area contributed by atoms with Crippen LogP contribution in [0.4, 0.5) is 4.79 Å². The van der Waals surface area contributed by atoms with Gasteiger partial charge in [-0.2, -0.15) is 0 Å². The Balaban J connectivity index is 1.33. The number of piperidine rings is 1. The van der Waals surface area contributed by atoms with Crippen LogP contribution >= 0.6 is 0 Å². The second kappa shape index (κ2) is 9.90. The highest BCUT2D eigenvalue weighted by Crippen LogP contribution is 2.35. The lowest BCUT2D eigenvalue weighted by atomic mass is 9.98. The summed E-state index contributed by atoms with van der Waals surface area (Å²) in [6.07, 6.45) is 6.96. The van der Waals surface area contributed by atoms with Crippen molar-refractivity contribution in [1.82, 2.24) is 20.4 Å². The van der Waals surface area contributed by atoms with Crippen molar-refractivity contribution in [2.24, 2.45) is 0 Å². The van der Waals surface area contributed by atoms with E-state index in [1.165, 1.54) is 11.3 Å². The molecule has 4 amide bonds. The molecule has 1 aromatic carbocycles. The number of ether oxygens (including phenoxy) is 1. The van der Waals surface area contributed by atoms with Crippen molar-refractivity contribution < 1.29 is 19.1 Å². The Labute approximate surface area is 189 Å². The van der Waals surface area contributed by atoms with Gasteiger partial charge in [-0.3, -0.25) is 19.4 Å². The maximum absolute atomic E-state index is 12.8. The molecule has 3 aliphatic rings. The number of urea groups is 1. The van der Waals surface area contributed by atoms with E-state index < -0.39 is 5.54 Å². The predicted octanol–water partition coefficient (Wildman–Crippen LogP) is 2.59. The molecular formula is C24H34N4O4. The molecule has 0 aromatic heterocycles. The number of hydrogen-bond donors (Lipinski definition) is 2. The first-order valence-electron chi connectivity index (χ1n) is 11.8. The first kappa shape index (κ1) is 22.6. The summed E-state index contributed by atoms with van der Waals surface area (Å²) < 4.78 is 5.28. The molecule has 2 heterocycles. The van der Waals surface area contributed by atoms with E-state index >= 15 is 0 Å². The normalized spacial score (nSPS) is 21.6. The average molecular weight is 443 g/mol. The Hall–Kier alpha value is -2.61. The number of hydrogen-bond acceptors (Lipinski definition) is 5. The fourth-order valence-corrected chi connectivity index (χ4v) is 5.22. The molecule has 32 heavy (non-hydrogen) atoms. The van der Waals surface area contributed by atoms with Crippen LogP contribution in [0.5, 0.6) is 5.75 Å². The molecule has 8 heteroatoms. The van der Waals surface area contributed by atoms with Crippen LogP contribution in [0.15, 0.2) is 24.3 Å². The maximum atomic E-state index is 12.8. The Morgan fingerprint density at radius 2 is 1.78 bits per heavy atom. The van der Waals surface area contributed by atoms with Crippen LogP contribution in [0, 0.1) is 0 Å². The van der Waals surface area contributed by atoms with Crippen LogP contribution in [-0.4, -0.2) is 66.5 Å². The third kappa shape index (κ3) is 4.75. The Bertz CT molecular complexity index is 829. The number of imide groups is 1. The molecule has 2 N–H and O–H groups in total. The van der Waals surface area contributed by atoms with E-state index in [2.05, 4.69) is 27.7 Å². The predicted molar refractivity (Wildman–Crippen MR) is 120 cm³/mol. The van der Waals surface area contributed by atoms with Crippen molar-refractivity contribution in [2.45, 2.75) is 62.9 Å². The van der Waals surface area contributed by atoms with Crippen LogP contribution in [0.2, 0.25) is 0 Å². The lowest BCUT2D eigenvalue weighted by Gasteiger charge is -2.35. The van der Waals surface area contributed by atoms with E-state index in [0.717, 1.165) is 50.1 Å². The highest BCUT2D eigenvalue weighted by atomic mass is 16.5. The minimum atomic E-state index is -0.721. The summed E-state index contributed by atoms with van der Waals surface area (Å²) in [4.78, 5) is 41.3. The molecule has 1 aromatic rings. The largest absolute Gasteiger partial charge is 0.497 e. The zero-order chi connectivity index (χ0) is 22.6. The van der Waals surface area contributed by atoms with Gasteiger partial charge >= 0.3 is 6.03 Å². The van der Waals surface area contributed by atoms with Crippen molar-refractivity contribution in [3.05, 3.63) is 29.8 Å². The number of carbonyl (C=O) groups excluding carboxylic acids is 3. The summed E-state index contributed by atoms with van der Waals surface area (Å²) in [6.45, 7) is 2.64. The molecule has 2 aliphatic heterocycles. The van der Waals surface area contributed by atoms with Gasteiger partial charge < -0.3 is 15.4 Å². The first-order chi connectivity index (χ1) is 15.5. The van der Waals surface area contributed by atoms with Gasteiger partial charge in [-0.1, -0.05) is 31.4 Å². The number of nitrogens with zero attached hydrogens (tertiary/aromatic N) is 2. The second-order valence-electron chi connectivity index (χ2n) is 9.12. The first-order valence-corrected chi connectivity index (χ1v) is 11.8. The fraction of sp³-hybridized carbons (Fsp3) is 0.625. The van der Waals surface area contributed by atoms with E-state index in [0.29, 0.717) is 19.4 Å². The number of amides is 4. The van der Waals surface area contributed by atoms with Gasteiger partial charge in [0.2, 0.25) is 5.91 Å². The average Bonchev–Trinajstić information content (AvgIpc) is 3.38. The molecule has 2 saturated heterocycles. The SMILES string of the molecule is COc1ccc([C@H](CNC(=O)CCN2C(=O)NC3(CCCC3)C2=O)N2CCCCC2)cc1. The summed E-state index contributed by atoms with van der Waals surface area (Å²) in [6, 6.07) is 7.73. The van der Waals surface area contributed by atoms with Crippen molar-refractivity contribution in [1.29, 1.82) is 0 Å². The van der Waals surface area contributed by atoms with E-state index in [1.54, 1.807) is 7.11 Å². The molecular weight excluding hydrogens is 408 g/mol. The van der Waals surface area contributed by atoms with Gasteiger partial charge in [0.15, 0.2) is 0 Å². The minimum Gasteiger partial charge on any atom is -0.497 e. The van der Waals surface area contributed by atoms with E-state index in [1.807, 2.05) is 12.1 Å². The number of rotatable bonds is 8. The van der Waals surface area contributed by atoms with Gasteiger partial charge in [0, 0.05) is 19.5 Å². The van der Waals surface area contributed by atoms with Gasteiger partial charge in [-0.15, -0.1) is 0 Å². The minimum absolute atomic E-state index is 0.0867. The summed E-state index contributed by atoms with van der Waals surface area (Å²) >= 11 is 0. The number of nitrogens with one attached hydrogen (secondary N) is 2. The van der Waals surface area contributed by atoms with Gasteiger partial charge in [0.1, 0.15) is 11.3 Å². The maximum Gasteiger partial charge on any atom is 0.325 e. The summed E-state index contributed by atoms with van der Waals surface area (Å²) in [7, 11) is 1.65. The van der Waals surface area contributed by atoms with Gasteiger partial charge in [-0.05, 0) is 56.5 Å².